The van der Waals surface area contributed by atoms with Gasteiger partial charge in [-0.1, -0.05) is 78.0 Å². The zero-order chi connectivity index (χ0) is 24.8. The molecule has 1 fully saturated rings. The normalized spacial score (nSPS) is 16.7. The van der Waals surface area contributed by atoms with Crippen LogP contribution in [-0.2, 0) is 22.4 Å². The van der Waals surface area contributed by atoms with E-state index in [4.69, 9.17) is 11.6 Å². The van der Waals surface area contributed by atoms with Gasteiger partial charge in [0.2, 0.25) is 5.91 Å². The molecule has 4 rings (SSSR count). The molecule has 1 atom stereocenters. The zero-order valence-corrected chi connectivity index (χ0v) is 20.8. The number of nitrogens with zero attached hydrogens (tertiary/aromatic N) is 2. The molecule has 7 heteroatoms. The number of anilines is 1. The number of hydrogen-bond acceptors (Lipinski definition) is 4. The third-order valence-electron chi connectivity index (χ3n) is 5.80. The second-order valence-electron chi connectivity index (χ2n) is 8.17. The van der Waals surface area contributed by atoms with Gasteiger partial charge >= 0.3 is 0 Å². The lowest BCUT2D eigenvalue weighted by atomic mass is 10.0. The summed E-state index contributed by atoms with van der Waals surface area (Å²) < 4.78 is 0. The van der Waals surface area contributed by atoms with Crippen molar-refractivity contribution in [2.24, 2.45) is 0 Å². The maximum atomic E-state index is 13.6. The Kier molecular flexibility index (Phi) is 7.91. The van der Waals surface area contributed by atoms with Gasteiger partial charge in [0, 0.05) is 17.3 Å². The van der Waals surface area contributed by atoms with E-state index in [2.05, 4.69) is 5.32 Å². The molecular weight excluding hydrogens is 478 g/mol. The molecule has 0 radical (unpaired) electrons. The van der Waals surface area contributed by atoms with Gasteiger partial charge in [0.1, 0.15) is 16.7 Å². The number of carbonyl (C=O) groups excluding carboxylic acids is 2. The molecule has 1 heterocycles. The first-order valence-electron chi connectivity index (χ1n) is 11.2. The summed E-state index contributed by atoms with van der Waals surface area (Å²) in [4.78, 5) is 28.1. The highest BCUT2D eigenvalue weighted by Crippen LogP contribution is 2.42. The van der Waals surface area contributed by atoms with E-state index in [1.165, 1.54) is 16.7 Å². The average molecular weight is 502 g/mol. The standard InChI is InChI=1S/C28H24ClN3O2S/c1-19-7-5-6-10-21(19)17-25-27(34)32(23-13-11-22(29)12-14-23)28(35-25)24(18-30)26(33)31-16-15-20-8-3-2-4-9-20/h2-14,25H,15-17H2,1H3,(H,31,33)/b28-24-/t25-/m1/s1. The van der Waals surface area contributed by atoms with Gasteiger partial charge in [0.05, 0.1) is 5.25 Å². The second-order valence-corrected chi connectivity index (χ2v) is 9.80. The van der Waals surface area contributed by atoms with Gasteiger partial charge in [-0.2, -0.15) is 5.26 Å². The monoisotopic (exact) mass is 501 g/mol. The van der Waals surface area contributed by atoms with Gasteiger partial charge in [-0.15, -0.1) is 0 Å². The summed E-state index contributed by atoms with van der Waals surface area (Å²) in [6.07, 6.45) is 1.14. The number of halogens is 1. The SMILES string of the molecule is Cc1ccccc1C[C@H]1S/C(=C(/C#N)C(=O)NCCc2ccccc2)N(c2ccc(Cl)cc2)C1=O. The lowest BCUT2D eigenvalue weighted by Gasteiger charge is -2.19. The molecule has 2 amide bonds. The average Bonchev–Trinajstić information content (AvgIpc) is 3.17. The summed E-state index contributed by atoms with van der Waals surface area (Å²) >= 11 is 7.32. The summed E-state index contributed by atoms with van der Waals surface area (Å²) in [5.74, 6) is -0.658. The first-order valence-corrected chi connectivity index (χ1v) is 12.5. The molecule has 1 aliphatic rings. The second kappa shape index (κ2) is 11.3. The Labute approximate surface area is 214 Å². The van der Waals surface area contributed by atoms with Crippen molar-refractivity contribution >= 4 is 40.9 Å². The highest BCUT2D eigenvalue weighted by Gasteiger charge is 2.40. The molecule has 176 valence electrons. The Morgan fingerprint density at radius 1 is 1.06 bits per heavy atom. The molecule has 3 aromatic carbocycles. The molecule has 1 N–H and O–H groups in total. The Morgan fingerprint density at radius 3 is 2.43 bits per heavy atom. The van der Waals surface area contributed by atoms with Crippen LogP contribution in [0.4, 0.5) is 5.69 Å². The number of aryl methyl sites for hydroxylation is 1. The molecule has 3 aromatic rings. The highest BCUT2D eigenvalue weighted by molar-refractivity contribution is 8.05. The molecule has 1 aliphatic heterocycles. The summed E-state index contributed by atoms with van der Waals surface area (Å²) in [7, 11) is 0. The van der Waals surface area contributed by atoms with Crippen molar-refractivity contribution in [3.8, 4) is 6.07 Å². The molecule has 0 spiro atoms. The van der Waals surface area contributed by atoms with Crippen molar-refractivity contribution in [2.45, 2.75) is 25.0 Å². The fourth-order valence-corrected chi connectivity index (χ4v) is 5.33. The minimum atomic E-state index is -0.491. The number of thioether (sulfide) groups is 1. The number of benzene rings is 3. The van der Waals surface area contributed by atoms with Crippen molar-refractivity contribution in [1.29, 1.82) is 5.26 Å². The maximum Gasteiger partial charge on any atom is 0.264 e. The molecule has 0 unspecified atom stereocenters. The predicted molar refractivity (Wildman–Crippen MR) is 141 cm³/mol. The first-order chi connectivity index (χ1) is 17.0. The van der Waals surface area contributed by atoms with Gasteiger partial charge in [0.15, 0.2) is 0 Å². The van der Waals surface area contributed by atoms with Crippen LogP contribution in [0.1, 0.15) is 16.7 Å². The van der Waals surface area contributed by atoms with Crippen molar-refractivity contribution in [3.63, 3.8) is 0 Å². The third kappa shape index (κ3) is 5.76. The quantitative estimate of drug-likeness (QED) is 0.346. The number of hydrogen-bond donors (Lipinski definition) is 1. The van der Waals surface area contributed by atoms with Crippen LogP contribution >= 0.6 is 23.4 Å². The fourth-order valence-electron chi connectivity index (χ4n) is 3.90. The van der Waals surface area contributed by atoms with Crippen LogP contribution in [0.5, 0.6) is 0 Å². The molecule has 0 bridgehead atoms. The summed E-state index contributed by atoms with van der Waals surface area (Å²) in [5.41, 5.74) is 3.74. The largest absolute Gasteiger partial charge is 0.351 e. The lowest BCUT2D eigenvalue weighted by molar-refractivity contribution is -0.117. The minimum Gasteiger partial charge on any atom is -0.351 e. The van der Waals surface area contributed by atoms with Crippen LogP contribution in [-0.4, -0.2) is 23.6 Å². The number of amides is 2. The summed E-state index contributed by atoms with van der Waals surface area (Å²) in [6, 6.07) is 26.6. The Hall–Kier alpha value is -3.53. The van der Waals surface area contributed by atoms with Gasteiger partial charge in [-0.25, -0.2) is 0 Å². The van der Waals surface area contributed by atoms with Crippen LogP contribution < -0.4 is 10.2 Å². The minimum absolute atomic E-state index is 0.0707. The van der Waals surface area contributed by atoms with E-state index >= 15 is 0 Å². The van der Waals surface area contributed by atoms with Gasteiger partial charge in [-0.3, -0.25) is 14.5 Å². The topological polar surface area (TPSA) is 73.2 Å². The molecule has 1 saturated heterocycles. The van der Waals surface area contributed by atoms with Crippen LogP contribution in [0.15, 0.2) is 89.5 Å². The first kappa shape index (κ1) is 24.6. The van der Waals surface area contributed by atoms with Crippen LogP contribution in [0.2, 0.25) is 5.02 Å². The van der Waals surface area contributed by atoms with E-state index in [-0.39, 0.29) is 11.5 Å². The predicted octanol–water partition coefficient (Wildman–Crippen LogP) is 5.43. The number of carbonyl (C=O) groups is 2. The number of nitrogens with one attached hydrogen (secondary N) is 1. The van der Waals surface area contributed by atoms with Crippen LogP contribution in [0, 0.1) is 18.3 Å². The van der Waals surface area contributed by atoms with E-state index in [1.54, 1.807) is 24.3 Å². The summed E-state index contributed by atoms with van der Waals surface area (Å²) in [6.45, 7) is 2.39. The van der Waals surface area contributed by atoms with E-state index in [1.807, 2.05) is 67.6 Å². The molecule has 35 heavy (non-hydrogen) atoms. The highest BCUT2D eigenvalue weighted by atomic mass is 35.5. The van der Waals surface area contributed by atoms with Gasteiger partial charge < -0.3 is 5.32 Å². The molecule has 0 saturated carbocycles. The Bertz CT molecular complexity index is 1300. The fraction of sp³-hybridized carbons (Fsp3) is 0.179. The van der Waals surface area contributed by atoms with Crippen LogP contribution in [0.25, 0.3) is 0 Å². The van der Waals surface area contributed by atoms with E-state index in [0.717, 1.165) is 16.7 Å². The number of rotatable bonds is 7. The van der Waals surface area contributed by atoms with Crippen molar-refractivity contribution in [3.05, 3.63) is 111 Å². The lowest BCUT2D eigenvalue weighted by Crippen LogP contribution is -2.32. The van der Waals surface area contributed by atoms with E-state index in [9.17, 15) is 14.9 Å². The summed E-state index contributed by atoms with van der Waals surface area (Å²) in [5, 5.41) is 13.2. The van der Waals surface area contributed by atoms with Crippen LogP contribution in [0.3, 0.4) is 0 Å². The van der Waals surface area contributed by atoms with Crippen molar-refractivity contribution in [1.82, 2.24) is 5.32 Å². The zero-order valence-electron chi connectivity index (χ0n) is 19.2. The Balaban J connectivity index is 1.62. The number of nitriles is 1. The maximum absolute atomic E-state index is 13.6. The molecular formula is C28H24ClN3O2S. The van der Waals surface area contributed by atoms with Gasteiger partial charge in [-0.05, 0) is 60.7 Å². The molecule has 5 nitrogen and oxygen atoms in total. The van der Waals surface area contributed by atoms with E-state index < -0.39 is 11.2 Å². The van der Waals surface area contributed by atoms with E-state index in [0.29, 0.717) is 35.1 Å². The van der Waals surface area contributed by atoms with Crippen molar-refractivity contribution in [2.75, 3.05) is 11.4 Å². The smallest absolute Gasteiger partial charge is 0.264 e. The molecule has 0 aromatic heterocycles. The molecule has 0 aliphatic carbocycles. The van der Waals surface area contributed by atoms with Crippen molar-refractivity contribution < 1.29 is 9.59 Å². The third-order valence-corrected chi connectivity index (χ3v) is 7.31. The van der Waals surface area contributed by atoms with Gasteiger partial charge in [0.25, 0.3) is 5.91 Å². The Morgan fingerprint density at radius 2 is 1.74 bits per heavy atom.